The lowest BCUT2D eigenvalue weighted by Gasteiger charge is -1.97. The molecular weight excluding hydrogens is 222 g/mol. The Morgan fingerprint density at radius 1 is 1.47 bits per heavy atom. The zero-order valence-corrected chi connectivity index (χ0v) is 9.64. The second-order valence-electron chi connectivity index (χ2n) is 3.67. The van der Waals surface area contributed by atoms with Crippen molar-refractivity contribution in [3.63, 3.8) is 0 Å². The number of rotatable bonds is 3. The lowest BCUT2D eigenvalue weighted by Crippen LogP contribution is -2.27. The summed E-state index contributed by atoms with van der Waals surface area (Å²) in [5, 5.41) is 15.2. The van der Waals surface area contributed by atoms with E-state index < -0.39 is 5.91 Å². The highest BCUT2D eigenvalue weighted by Crippen LogP contribution is 2.05. The average Bonchev–Trinajstić information content (AvgIpc) is 2.69. The minimum Gasteiger partial charge on any atom is -0.395 e. The van der Waals surface area contributed by atoms with Crippen molar-refractivity contribution in [2.45, 2.75) is 13.8 Å². The Kier molecular flexibility index (Phi) is 3.01. The van der Waals surface area contributed by atoms with Gasteiger partial charge in [0.2, 0.25) is 5.82 Å². The maximum atomic E-state index is 11.6. The SMILES string of the molecule is Cc1cc(C)n2nc(C(=O)NCCO)nc2n1. The highest BCUT2D eigenvalue weighted by atomic mass is 16.3. The van der Waals surface area contributed by atoms with Crippen LogP contribution < -0.4 is 5.32 Å². The number of hydrogen-bond donors (Lipinski definition) is 2. The molecule has 90 valence electrons. The van der Waals surface area contributed by atoms with E-state index in [1.165, 1.54) is 4.52 Å². The molecule has 2 aromatic heterocycles. The number of carbonyl (C=O) groups excluding carboxylic acids is 1. The van der Waals surface area contributed by atoms with Gasteiger partial charge in [0.15, 0.2) is 0 Å². The first-order chi connectivity index (χ1) is 8.11. The number of carbonyl (C=O) groups is 1. The van der Waals surface area contributed by atoms with Gasteiger partial charge >= 0.3 is 0 Å². The van der Waals surface area contributed by atoms with Crippen LogP contribution in [-0.2, 0) is 0 Å². The minimum absolute atomic E-state index is 0.0552. The molecule has 2 N–H and O–H groups in total. The van der Waals surface area contributed by atoms with Crippen LogP contribution in [0.25, 0.3) is 5.78 Å². The van der Waals surface area contributed by atoms with Crippen LogP contribution in [0.2, 0.25) is 0 Å². The van der Waals surface area contributed by atoms with Crippen molar-refractivity contribution in [2.24, 2.45) is 0 Å². The zero-order chi connectivity index (χ0) is 12.4. The Morgan fingerprint density at radius 2 is 2.24 bits per heavy atom. The fourth-order valence-electron chi connectivity index (χ4n) is 1.51. The molecule has 0 spiro atoms. The normalized spacial score (nSPS) is 10.8. The summed E-state index contributed by atoms with van der Waals surface area (Å²) in [5.41, 5.74) is 1.69. The highest BCUT2D eigenvalue weighted by Gasteiger charge is 2.13. The first-order valence-corrected chi connectivity index (χ1v) is 5.22. The van der Waals surface area contributed by atoms with Crippen molar-refractivity contribution in [3.8, 4) is 0 Å². The Labute approximate surface area is 97.5 Å². The van der Waals surface area contributed by atoms with Gasteiger partial charge in [0.05, 0.1) is 6.61 Å². The predicted molar refractivity (Wildman–Crippen MR) is 59.7 cm³/mol. The number of hydrogen-bond acceptors (Lipinski definition) is 5. The van der Waals surface area contributed by atoms with E-state index in [9.17, 15) is 4.79 Å². The lowest BCUT2D eigenvalue weighted by atomic mass is 10.4. The molecule has 0 aliphatic rings. The summed E-state index contributed by atoms with van der Waals surface area (Å²) in [6.07, 6.45) is 0. The molecule has 0 aromatic carbocycles. The first kappa shape index (κ1) is 11.5. The molecule has 7 heteroatoms. The molecule has 0 radical (unpaired) electrons. The van der Waals surface area contributed by atoms with Crippen LogP contribution in [-0.4, -0.2) is 43.7 Å². The van der Waals surface area contributed by atoms with E-state index in [0.717, 1.165) is 11.4 Å². The summed E-state index contributed by atoms with van der Waals surface area (Å²) in [4.78, 5) is 19.8. The Balaban J connectivity index is 2.37. The van der Waals surface area contributed by atoms with Crippen molar-refractivity contribution < 1.29 is 9.90 Å². The average molecular weight is 235 g/mol. The molecule has 17 heavy (non-hydrogen) atoms. The van der Waals surface area contributed by atoms with Gasteiger partial charge in [-0.1, -0.05) is 0 Å². The summed E-state index contributed by atoms with van der Waals surface area (Å²) < 4.78 is 1.51. The van der Waals surface area contributed by atoms with Gasteiger partial charge in [-0.25, -0.2) is 9.50 Å². The fourth-order valence-corrected chi connectivity index (χ4v) is 1.51. The number of nitrogens with zero attached hydrogens (tertiary/aromatic N) is 4. The van der Waals surface area contributed by atoms with Crippen LogP contribution in [0.5, 0.6) is 0 Å². The number of aromatic nitrogens is 4. The van der Waals surface area contributed by atoms with Crippen molar-refractivity contribution in [1.82, 2.24) is 24.9 Å². The largest absolute Gasteiger partial charge is 0.395 e. The molecule has 0 saturated heterocycles. The van der Waals surface area contributed by atoms with Crippen LogP contribution in [0.4, 0.5) is 0 Å². The molecule has 0 aliphatic carbocycles. The van der Waals surface area contributed by atoms with E-state index >= 15 is 0 Å². The highest BCUT2D eigenvalue weighted by molar-refractivity contribution is 5.90. The molecule has 0 aliphatic heterocycles. The van der Waals surface area contributed by atoms with E-state index in [-0.39, 0.29) is 19.0 Å². The van der Waals surface area contributed by atoms with Gasteiger partial charge in [-0.05, 0) is 19.9 Å². The molecule has 0 unspecified atom stereocenters. The number of aliphatic hydroxyl groups excluding tert-OH is 1. The van der Waals surface area contributed by atoms with E-state index in [4.69, 9.17) is 5.11 Å². The molecule has 2 aromatic rings. The van der Waals surface area contributed by atoms with Crippen LogP contribution in [0.15, 0.2) is 6.07 Å². The third-order valence-electron chi connectivity index (χ3n) is 2.22. The van der Waals surface area contributed by atoms with Crippen LogP contribution >= 0.6 is 0 Å². The number of nitrogens with one attached hydrogen (secondary N) is 1. The summed E-state index contributed by atoms with van der Waals surface area (Å²) >= 11 is 0. The summed E-state index contributed by atoms with van der Waals surface area (Å²) in [7, 11) is 0. The number of fused-ring (bicyclic) bond motifs is 1. The zero-order valence-electron chi connectivity index (χ0n) is 9.64. The third-order valence-corrected chi connectivity index (χ3v) is 2.22. The second-order valence-corrected chi connectivity index (χ2v) is 3.67. The minimum atomic E-state index is -0.415. The molecule has 1 amide bonds. The Bertz CT molecular complexity index is 563. The van der Waals surface area contributed by atoms with Gasteiger partial charge < -0.3 is 10.4 Å². The van der Waals surface area contributed by atoms with Crippen molar-refractivity contribution in [2.75, 3.05) is 13.2 Å². The van der Waals surface area contributed by atoms with Crippen LogP contribution in [0.1, 0.15) is 22.0 Å². The van der Waals surface area contributed by atoms with Crippen LogP contribution in [0.3, 0.4) is 0 Å². The predicted octanol–water partition coefficient (Wildman–Crippen LogP) is -0.537. The standard InChI is InChI=1S/C10H13N5O2/c1-6-5-7(2)15-10(12-6)13-8(14-15)9(17)11-3-4-16/h5,16H,3-4H2,1-2H3,(H,11,17). The van der Waals surface area contributed by atoms with E-state index in [1.807, 2.05) is 19.9 Å². The molecular formula is C10H13N5O2. The maximum Gasteiger partial charge on any atom is 0.291 e. The third kappa shape index (κ3) is 2.23. The van der Waals surface area contributed by atoms with Gasteiger partial charge in [-0.3, -0.25) is 4.79 Å². The quantitative estimate of drug-likeness (QED) is 0.745. The summed E-state index contributed by atoms with van der Waals surface area (Å²) in [6.45, 7) is 3.79. The summed E-state index contributed by atoms with van der Waals surface area (Å²) in [5.74, 6) is 0.0397. The molecule has 0 saturated carbocycles. The number of amides is 1. The van der Waals surface area contributed by atoms with Crippen molar-refractivity contribution in [1.29, 1.82) is 0 Å². The smallest absolute Gasteiger partial charge is 0.291 e. The monoisotopic (exact) mass is 235 g/mol. The molecule has 0 atom stereocenters. The Hall–Kier alpha value is -2.02. The van der Waals surface area contributed by atoms with E-state index in [1.54, 1.807) is 0 Å². The fraction of sp³-hybridized carbons (Fsp3) is 0.400. The van der Waals surface area contributed by atoms with E-state index in [2.05, 4.69) is 20.4 Å². The Morgan fingerprint density at radius 3 is 2.94 bits per heavy atom. The second kappa shape index (κ2) is 4.46. The number of aliphatic hydroxyl groups is 1. The molecule has 0 bridgehead atoms. The van der Waals surface area contributed by atoms with Crippen molar-refractivity contribution in [3.05, 3.63) is 23.3 Å². The summed E-state index contributed by atoms with van der Waals surface area (Å²) in [6, 6.07) is 1.86. The van der Waals surface area contributed by atoms with Gasteiger partial charge in [0.25, 0.3) is 11.7 Å². The lowest BCUT2D eigenvalue weighted by molar-refractivity contribution is 0.0934. The van der Waals surface area contributed by atoms with Gasteiger partial charge in [-0.15, -0.1) is 5.10 Å². The topological polar surface area (TPSA) is 92.4 Å². The van der Waals surface area contributed by atoms with Crippen molar-refractivity contribution >= 4 is 11.7 Å². The molecule has 2 rings (SSSR count). The first-order valence-electron chi connectivity index (χ1n) is 5.22. The molecule has 0 fully saturated rings. The molecule has 7 nitrogen and oxygen atoms in total. The number of aryl methyl sites for hydroxylation is 2. The van der Waals surface area contributed by atoms with Gasteiger partial charge in [-0.2, -0.15) is 4.98 Å². The van der Waals surface area contributed by atoms with Crippen LogP contribution in [0, 0.1) is 13.8 Å². The molecule has 2 heterocycles. The van der Waals surface area contributed by atoms with Gasteiger partial charge in [0, 0.05) is 17.9 Å². The van der Waals surface area contributed by atoms with Gasteiger partial charge in [0.1, 0.15) is 0 Å². The van der Waals surface area contributed by atoms with E-state index in [0.29, 0.717) is 5.78 Å². The maximum absolute atomic E-state index is 11.6.